The molecule has 4 aliphatic rings. The van der Waals surface area contributed by atoms with E-state index in [0.717, 1.165) is 36.8 Å². The third kappa shape index (κ3) is 5.48. The monoisotopic (exact) mass is 607 g/mol. The van der Waals surface area contributed by atoms with Crippen molar-refractivity contribution in [2.75, 3.05) is 38.0 Å². The Labute approximate surface area is 252 Å². The number of amides is 2. The first-order valence-electron chi connectivity index (χ1n) is 14.9. The molecule has 2 amide bonds. The van der Waals surface area contributed by atoms with Crippen molar-refractivity contribution in [2.45, 2.75) is 44.6 Å². The highest BCUT2D eigenvalue weighted by Crippen LogP contribution is 2.60. The number of aromatic nitrogens is 1. The van der Waals surface area contributed by atoms with Gasteiger partial charge in [-0.15, -0.1) is 0 Å². The lowest BCUT2D eigenvalue weighted by atomic mass is 9.97. The van der Waals surface area contributed by atoms with Crippen LogP contribution in [0.1, 0.15) is 51.9 Å². The number of hydrogen-bond donors (Lipinski definition) is 2. The number of benzene rings is 2. The number of halogens is 3. The maximum absolute atomic E-state index is 14.1. The molecule has 44 heavy (non-hydrogen) atoms. The zero-order chi connectivity index (χ0) is 30.6. The molecule has 2 fully saturated rings. The van der Waals surface area contributed by atoms with Gasteiger partial charge in [0.25, 0.3) is 0 Å². The molecule has 1 aromatic heterocycles. The first kappa shape index (κ1) is 28.6. The van der Waals surface area contributed by atoms with Crippen LogP contribution in [0.15, 0.2) is 48.7 Å². The topological polar surface area (TPSA) is 96.0 Å². The highest BCUT2D eigenvalue weighted by Gasteiger charge is 2.59. The van der Waals surface area contributed by atoms with E-state index in [1.807, 2.05) is 17.0 Å². The Bertz CT molecular complexity index is 1620. The van der Waals surface area contributed by atoms with Gasteiger partial charge in [-0.1, -0.05) is 19.1 Å². The molecule has 0 radical (unpaired) electrons. The second kappa shape index (κ2) is 11.1. The first-order valence-corrected chi connectivity index (χ1v) is 14.9. The van der Waals surface area contributed by atoms with Crippen molar-refractivity contribution < 1.29 is 32.2 Å². The summed E-state index contributed by atoms with van der Waals surface area (Å²) < 4.78 is 54.5. The predicted molar refractivity (Wildman–Crippen MR) is 155 cm³/mol. The average molecular weight is 608 g/mol. The number of likely N-dealkylation sites (N-methyl/N-ethyl adjacent to an activating group) is 1. The number of rotatable bonds is 8. The molecule has 2 N–H and O–H groups in total. The Balaban J connectivity index is 1.03. The molecule has 0 spiro atoms. The van der Waals surface area contributed by atoms with E-state index in [1.165, 1.54) is 12.1 Å². The second-order valence-electron chi connectivity index (χ2n) is 11.7. The summed E-state index contributed by atoms with van der Waals surface area (Å²) >= 11 is 0. The van der Waals surface area contributed by atoms with E-state index in [9.17, 15) is 22.8 Å². The summed E-state index contributed by atoms with van der Waals surface area (Å²) in [6.45, 7) is 6.58. The highest BCUT2D eigenvalue weighted by molar-refractivity contribution is 5.97. The molecule has 3 atom stereocenters. The SMILES string of the molecule is CCN1CCN(Cc2ccc(C(=O)C[C@@H]3[C@H]4Oc5ccc(Oc6ccnc7c6CNC(=O)N7)cc5[C@@H]34)cc2C(F)(F)F)CC1. The van der Waals surface area contributed by atoms with Gasteiger partial charge < -0.3 is 19.7 Å². The van der Waals surface area contributed by atoms with E-state index >= 15 is 0 Å². The van der Waals surface area contributed by atoms with E-state index in [0.29, 0.717) is 36.2 Å². The second-order valence-corrected chi connectivity index (χ2v) is 11.7. The van der Waals surface area contributed by atoms with E-state index in [-0.39, 0.29) is 60.4 Å². The number of carbonyl (C=O) groups excluding carboxylic acids is 2. The Morgan fingerprint density at radius 1 is 1.09 bits per heavy atom. The van der Waals surface area contributed by atoms with Gasteiger partial charge in [0.05, 0.1) is 17.7 Å². The average Bonchev–Trinajstić information content (AvgIpc) is 3.53. The number of urea groups is 1. The minimum Gasteiger partial charge on any atom is -0.489 e. The Morgan fingerprint density at radius 2 is 1.89 bits per heavy atom. The number of hydrogen-bond acceptors (Lipinski definition) is 7. The number of carbonyl (C=O) groups is 2. The first-order chi connectivity index (χ1) is 21.2. The zero-order valence-electron chi connectivity index (χ0n) is 24.1. The number of nitrogens with one attached hydrogen (secondary N) is 2. The normalized spacial score (nSPS) is 22.6. The summed E-state index contributed by atoms with van der Waals surface area (Å²) in [4.78, 5) is 33.4. The lowest BCUT2D eigenvalue weighted by molar-refractivity contribution is -0.138. The molecule has 3 aliphatic heterocycles. The minimum absolute atomic E-state index is 0.0343. The summed E-state index contributed by atoms with van der Waals surface area (Å²) in [6, 6.07) is 10.9. The number of anilines is 1. The van der Waals surface area contributed by atoms with Crippen LogP contribution in [0.2, 0.25) is 0 Å². The van der Waals surface area contributed by atoms with E-state index in [4.69, 9.17) is 9.47 Å². The fourth-order valence-electron chi connectivity index (χ4n) is 6.54. The van der Waals surface area contributed by atoms with Gasteiger partial charge in [0, 0.05) is 68.3 Å². The van der Waals surface area contributed by atoms with Crippen LogP contribution < -0.4 is 20.1 Å². The van der Waals surface area contributed by atoms with Crippen molar-refractivity contribution in [3.8, 4) is 17.2 Å². The fraction of sp³-hybridized carbons (Fsp3) is 0.406. The van der Waals surface area contributed by atoms with Gasteiger partial charge >= 0.3 is 12.2 Å². The number of Topliss-reactive ketones (excluding diaryl/α,β-unsaturated/α-hetero) is 1. The molecule has 7 rings (SSSR count). The largest absolute Gasteiger partial charge is 0.489 e. The molecule has 0 unspecified atom stereocenters. The Hall–Kier alpha value is -4.16. The van der Waals surface area contributed by atoms with Crippen LogP contribution in [0.5, 0.6) is 17.2 Å². The quantitative estimate of drug-likeness (QED) is 0.331. The highest BCUT2D eigenvalue weighted by atomic mass is 19.4. The fourth-order valence-corrected chi connectivity index (χ4v) is 6.54. The number of piperazine rings is 1. The van der Waals surface area contributed by atoms with Crippen molar-refractivity contribution in [3.63, 3.8) is 0 Å². The molecule has 9 nitrogen and oxygen atoms in total. The van der Waals surface area contributed by atoms with Gasteiger partial charge in [0.2, 0.25) is 0 Å². The molecule has 4 heterocycles. The minimum atomic E-state index is -4.55. The standard InChI is InChI=1S/C32H32F3N5O4/c1-2-39-9-11-40(12-10-39)17-19-4-3-18(13-24(19)32(33,34)35)25(41)15-22-28-21-14-20(5-6-26(21)44-29(22)28)43-27-7-8-36-30-23(27)16-37-31(42)38-30/h3-8,13-14,22,28-29H,2,9-12,15-17H2,1H3,(H2,36,37,38,42)/t22-,28-,29+/m0/s1. The number of pyridine rings is 1. The van der Waals surface area contributed by atoms with Gasteiger partial charge in [-0.3, -0.25) is 15.0 Å². The predicted octanol–water partition coefficient (Wildman–Crippen LogP) is 5.41. The third-order valence-electron chi connectivity index (χ3n) is 9.06. The van der Waals surface area contributed by atoms with Crippen molar-refractivity contribution in [2.24, 2.45) is 5.92 Å². The molecule has 1 saturated carbocycles. The molecule has 1 aliphatic carbocycles. The summed E-state index contributed by atoms with van der Waals surface area (Å²) in [7, 11) is 0. The molecular weight excluding hydrogens is 575 g/mol. The lowest BCUT2D eigenvalue weighted by Crippen LogP contribution is -2.45. The molecule has 230 valence electrons. The van der Waals surface area contributed by atoms with E-state index in [2.05, 4.69) is 27.4 Å². The third-order valence-corrected chi connectivity index (χ3v) is 9.06. The van der Waals surface area contributed by atoms with Crippen molar-refractivity contribution in [1.82, 2.24) is 20.1 Å². The molecule has 0 bridgehead atoms. The summed E-state index contributed by atoms with van der Waals surface area (Å²) in [5.41, 5.74) is 1.16. The molecule has 2 aromatic carbocycles. The van der Waals surface area contributed by atoms with Gasteiger partial charge in [0.1, 0.15) is 29.2 Å². The Morgan fingerprint density at radius 3 is 2.66 bits per heavy atom. The maximum atomic E-state index is 14.1. The van der Waals surface area contributed by atoms with Crippen LogP contribution in [0.25, 0.3) is 0 Å². The molecule has 12 heteroatoms. The summed E-state index contributed by atoms with van der Waals surface area (Å²) in [5.74, 6) is 1.78. The number of ether oxygens (including phenoxy) is 2. The number of nitrogens with zero attached hydrogens (tertiary/aromatic N) is 3. The van der Waals surface area contributed by atoms with Crippen molar-refractivity contribution >= 4 is 17.6 Å². The van der Waals surface area contributed by atoms with Crippen LogP contribution in [0, 0.1) is 5.92 Å². The van der Waals surface area contributed by atoms with Gasteiger partial charge in [-0.25, -0.2) is 9.78 Å². The van der Waals surface area contributed by atoms with Crippen molar-refractivity contribution in [3.05, 3.63) is 76.5 Å². The zero-order valence-corrected chi connectivity index (χ0v) is 24.1. The van der Waals surface area contributed by atoms with E-state index < -0.39 is 11.7 Å². The number of ketones is 1. The molecule has 1 saturated heterocycles. The Kier molecular flexibility index (Phi) is 7.20. The summed E-state index contributed by atoms with van der Waals surface area (Å²) in [6.07, 6.45) is -3.10. The van der Waals surface area contributed by atoms with Crippen LogP contribution in [-0.4, -0.2) is 65.4 Å². The van der Waals surface area contributed by atoms with Crippen molar-refractivity contribution in [1.29, 1.82) is 0 Å². The number of fused-ring (bicyclic) bond motifs is 4. The lowest BCUT2D eigenvalue weighted by Gasteiger charge is -2.34. The van der Waals surface area contributed by atoms with E-state index in [1.54, 1.807) is 18.3 Å². The summed E-state index contributed by atoms with van der Waals surface area (Å²) in [5, 5.41) is 5.36. The van der Waals surface area contributed by atoms with Crippen LogP contribution in [0.3, 0.4) is 0 Å². The maximum Gasteiger partial charge on any atom is 0.416 e. The smallest absolute Gasteiger partial charge is 0.416 e. The van der Waals surface area contributed by atoms with Gasteiger partial charge in [-0.05, 0) is 42.4 Å². The molecule has 3 aromatic rings. The van der Waals surface area contributed by atoms with Gasteiger partial charge in [-0.2, -0.15) is 13.2 Å². The van der Waals surface area contributed by atoms with Crippen LogP contribution >= 0.6 is 0 Å². The molecular formula is C32H32F3N5O4. The van der Waals surface area contributed by atoms with Gasteiger partial charge in [0.15, 0.2) is 5.78 Å². The van der Waals surface area contributed by atoms with Crippen LogP contribution in [0.4, 0.5) is 23.8 Å². The number of alkyl halides is 3. The van der Waals surface area contributed by atoms with Crippen LogP contribution in [-0.2, 0) is 19.3 Å².